The van der Waals surface area contributed by atoms with Crippen LogP contribution in [0.25, 0.3) is 0 Å². The monoisotopic (exact) mass is 247 g/mol. The van der Waals surface area contributed by atoms with Crippen molar-refractivity contribution >= 4 is 18.5 Å². The average Bonchev–Trinajstić information content (AvgIpc) is 2.82. The molecule has 0 spiro atoms. The van der Waals surface area contributed by atoms with E-state index in [1.807, 2.05) is 22.9 Å². The molecule has 0 unspecified atom stereocenters. The van der Waals surface area contributed by atoms with Crippen LogP contribution in [-0.4, -0.2) is 22.0 Å². The molecule has 1 heterocycles. The van der Waals surface area contributed by atoms with E-state index in [-0.39, 0.29) is 5.91 Å². The SMILES string of the molecule is O=C(NCCn1ccnc1)c1ccccc1S. The van der Waals surface area contributed by atoms with E-state index >= 15 is 0 Å². The molecule has 17 heavy (non-hydrogen) atoms. The van der Waals surface area contributed by atoms with E-state index in [0.29, 0.717) is 23.5 Å². The van der Waals surface area contributed by atoms with Crippen molar-refractivity contribution < 1.29 is 4.79 Å². The van der Waals surface area contributed by atoms with Crippen molar-refractivity contribution in [2.75, 3.05) is 6.54 Å². The molecule has 1 aromatic carbocycles. The van der Waals surface area contributed by atoms with Gasteiger partial charge in [-0.1, -0.05) is 12.1 Å². The summed E-state index contributed by atoms with van der Waals surface area (Å²) >= 11 is 4.24. The number of nitrogens with one attached hydrogen (secondary N) is 1. The van der Waals surface area contributed by atoms with Crippen molar-refractivity contribution in [1.82, 2.24) is 14.9 Å². The number of hydrogen-bond donors (Lipinski definition) is 2. The number of imidazole rings is 1. The van der Waals surface area contributed by atoms with Crippen LogP contribution in [0.5, 0.6) is 0 Å². The normalized spacial score (nSPS) is 10.2. The summed E-state index contributed by atoms with van der Waals surface area (Å²) in [5.41, 5.74) is 0.599. The topological polar surface area (TPSA) is 46.9 Å². The standard InChI is InChI=1S/C12H13N3OS/c16-12(10-3-1-2-4-11(10)17)14-6-8-15-7-5-13-9-15/h1-5,7,9,17H,6,8H2,(H,14,16). The Balaban J connectivity index is 1.88. The molecule has 4 nitrogen and oxygen atoms in total. The predicted octanol–water partition coefficient (Wildman–Crippen LogP) is 1.60. The summed E-state index contributed by atoms with van der Waals surface area (Å²) in [6, 6.07) is 7.23. The fourth-order valence-electron chi connectivity index (χ4n) is 1.48. The zero-order valence-electron chi connectivity index (χ0n) is 9.21. The zero-order valence-corrected chi connectivity index (χ0v) is 10.1. The van der Waals surface area contributed by atoms with Gasteiger partial charge in [-0.15, -0.1) is 12.6 Å². The van der Waals surface area contributed by atoms with Gasteiger partial charge in [-0.3, -0.25) is 4.79 Å². The Hall–Kier alpha value is -1.75. The number of nitrogens with zero attached hydrogens (tertiary/aromatic N) is 2. The number of amides is 1. The van der Waals surface area contributed by atoms with Crippen LogP contribution in [0.3, 0.4) is 0 Å². The molecule has 1 N–H and O–H groups in total. The highest BCUT2D eigenvalue weighted by Gasteiger charge is 2.07. The van der Waals surface area contributed by atoms with Crippen molar-refractivity contribution in [3.63, 3.8) is 0 Å². The second-order valence-corrected chi connectivity index (χ2v) is 4.06. The van der Waals surface area contributed by atoms with Crippen molar-refractivity contribution in [1.29, 1.82) is 0 Å². The first kappa shape index (κ1) is 11.7. The van der Waals surface area contributed by atoms with Crippen LogP contribution in [0.15, 0.2) is 47.9 Å². The third-order valence-electron chi connectivity index (χ3n) is 2.36. The van der Waals surface area contributed by atoms with Crippen LogP contribution >= 0.6 is 12.6 Å². The summed E-state index contributed by atoms with van der Waals surface area (Å²) in [7, 11) is 0. The van der Waals surface area contributed by atoms with Gasteiger partial charge in [0, 0.05) is 30.4 Å². The average molecular weight is 247 g/mol. The van der Waals surface area contributed by atoms with Crippen LogP contribution in [0.4, 0.5) is 0 Å². The largest absolute Gasteiger partial charge is 0.350 e. The van der Waals surface area contributed by atoms with E-state index in [2.05, 4.69) is 22.9 Å². The van der Waals surface area contributed by atoms with Gasteiger partial charge >= 0.3 is 0 Å². The number of carbonyl (C=O) groups is 1. The van der Waals surface area contributed by atoms with E-state index in [0.717, 1.165) is 0 Å². The van der Waals surface area contributed by atoms with E-state index in [9.17, 15) is 4.79 Å². The van der Waals surface area contributed by atoms with Gasteiger partial charge in [-0.25, -0.2) is 4.98 Å². The molecule has 0 aliphatic carbocycles. The Morgan fingerprint density at radius 3 is 2.94 bits per heavy atom. The van der Waals surface area contributed by atoms with Crippen LogP contribution in [-0.2, 0) is 6.54 Å². The highest BCUT2D eigenvalue weighted by molar-refractivity contribution is 7.80. The Bertz CT molecular complexity index is 496. The highest BCUT2D eigenvalue weighted by atomic mass is 32.1. The van der Waals surface area contributed by atoms with Gasteiger partial charge in [0.25, 0.3) is 5.91 Å². The molecule has 0 saturated carbocycles. The van der Waals surface area contributed by atoms with Gasteiger partial charge in [0.15, 0.2) is 0 Å². The second-order valence-electron chi connectivity index (χ2n) is 3.57. The third-order valence-corrected chi connectivity index (χ3v) is 2.75. The maximum Gasteiger partial charge on any atom is 0.252 e. The molecule has 88 valence electrons. The van der Waals surface area contributed by atoms with Gasteiger partial charge in [0.2, 0.25) is 0 Å². The van der Waals surface area contributed by atoms with Crippen molar-refractivity contribution in [3.8, 4) is 0 Å². The lowest BCUT2D eigenvalue weighted by Crippen LogP contribution is -2.27. The summed E-state index contributed by atoms with van der Waals surface area (Å²) < 4.78 is 1.91. The van der Waals surface area contributed by atoms with E-state index in [1.54, 1.807) is 24.7 Å². The first-order valence-electron chi connectivity index (χ1n) is 5.29. The fraction of sp³-hybridized carbons (Fsp3) is 0.167. The van der Waals surface area contributed by atoms with Gasteiger partial charge in [0.1, 0.15) is 0 Å². The highest BCUT2D eigenvalue weighted by Crippen LogP contribution is 2.12. The first-order chi connectivity index (χ1) is 8.27. The molecule has 0 radical (unpaired) electrons. The summed E-state index contributed by atoms with van der Waals surface area (Å²) in [4.78, 5) is 16.4. The number of aromatic nitrogens is 2. The van der Waals surface area contributed by atoms with Gasteiger partial charge in [0.05, 0.1) is 11.9 Å². The Labute approximate surface area is 105 Å². The quantitative estimate of drug-likeness (QED) is 0.806. The summed E-state index contributed by atoms with van der Waals surface area (Å²) in [6.07, 6.45) is 5.29. The summed E-state index contributed by atoms with van der Waals surface area (Å²) in [5, 5.41) is 2.84. The second kappa shape index (κ2) is 5.54. The molecule has 0 atom stereocenters. The van der Waals surface area contributed by atoms with Crippen molar-refractivity contribution in [3.05, 3.63) is 48.5 Å². The van der Waals surface area contributed by atoms with Crippen LogP contribution in [0.2, 0.25) is 0 Å². The summed E-state index contributed by atoms with van der Waals surface area (Å²) in [6.45, 7) is 1.28. The lowest BCUT2D eigenvalue weighted by molar-refractivity contribution is 0.0949. The number of hydrogen-bond acceptors (Lipinski definition) is 3. The minimum Gasteiger partial charge on any atom is -0.350 e. The smallest absolute Gasteiger partial charge is 0.252 e. The minimum atomic E-state index is -0.101. The molecule has 0 aliphatic rings. The molecule has 1 aromatic heterocycles. The van der Waals surface area contributed by atoms with Gasteiger partial charge in [-0.2, -0.15) is 0 Å². The third kappa shape index (κ3) is 3.10. The van der Waals surface area contributed by atoms with Gasteiger partial charge < -0.3 is 9.88 Å². The zero-order chi connectivity index (χ0) is 12.1. The summed E-state index contributed by atoms with van der Waals surface area (Å²) in [5.74, 6) is -0.101. The Kier molecular flexibility index (Phi) is 3.82. The fourth-order valence-corrected chi connectivity index (χ4v) is 1.74. The van der Waals surface area contributed by atoms with Gasteiger partial charge in [-0.05, 0) is 12.1 Å². The molecule has 0 aliphatic heterocycles. The molecule has 0 saturated heterocycles. The molecular weight excluding hydrogens is 234 g/mol. The van der Waals surface area contributed by atoms with E-state index in [1.165, 1.54) is 0 Å². The number of benzene rings is 1. The lowest BCUT2D eigenvalue weighted by atomic mass is 10.2. The molecule has 0 fully saturated rings. The Morgan fingerprint density at radius 1 is 1.41 bits per heavy atom. The molecule has 2 rings (SSSR count). The number of thiol groups is 1. The molecule has 2 aromatic rings. The lowest BCUT2D eigenvalue weighted by Gasteiger charge is -2.07. The molecular formula is C12H13N3OS. The predicted molar refractivity (Wildman–Crippen MR) is 68.3 cm³/mol. The van der Waals surface area contributed by atoms with Crippen molar-refractivity contribution in [2.45, 2.75) is 11.4 Å². The van der Waals surface area contributed by atoms with Crippen LogP contribution in [0.1, 0.15) is 10.4 Å². The Morgan fingerprint density at radius 2 is 2.24 bits per heavy atom. The van der Waals surface area contributed by atoms with Crippen molar-refractivity contribution in [2.24, 2.45) is 0 Å². The van der Waals surface area contributed by atoms with Crippen LogP contribution < -0.4 is 5.32 Å². The number of carbonyl (C=O) groups excluding carboxylic acids is 1. The number of rotatable bonds is 4. The van der Waals surface area contributed by atoms with Crippen LogP contribution in [0, 0.1) is 0 Å². The van der Waals surface area contributed by atoms with E-state index in [4.69, 9.17) is 0 Å². The molecule has 0 bridgehead atoms. The molecule has 5 heteroatoms. The molecule has 1 amide bonds. The first-order valence-corrected chi connectivity index (χ1v) is 5.74. The maximum absolute atomic E-state index is 11.8. The maximum atomic E-state index is 11.8. The minimum absolute atomic E-state index is 0.101. The van der Waals surface area contributed by atoms with E-state index < -0.39 is 0 Å².